The van der Waals surface area contributed by atoms with Crippen molar-refractivity contribution in [2.45, 2.75) is 38.2 Å². The van der Waals surface area contributed by atoms with Gasteiger partial charge in [-0.05, 0) is 61.1 Å². The molecule has 0 aliphatic carbocycles. The van der Waals surface area contributed by atoms with Gasteiger partial charge in [-0.3, -0.25) is 0 Å². The fourth-order valence-corrected chi connectivity index (χ4v) is 3.69. The molecule has 144 valence electrons. The first-order chi connectivity index (χ1) is 13.8. The molecule has 0 fully saturated rings. The first-order valence-corrected chi connectivity index (χ1v) is 10.0. The van der Waals surface area contributed by atoms with Crippen LogP contribution in [0.5, 0.6) is 17.2 Å². The molecule has 3 heteroatoms. The number of para-hydroxylation sites is 1. The number of phenols is 1. The molecule has 0 saturated carbocycles. The number of rotatable bonds is 8. The van der Waals surface area contributed by atoms with Gasteiger partial charge in [-0.15, -0.1) is 0 Å². The van der Waals surface area contributed by atoms with Gasteiger partial charge in [0.15, 0.2) is 0 Å². The summed E-state index contributed by atoms with van der Waals surface area (Å²) in [6.45, 7) is 0.626. The topological polar surface area (TPSA) is 38.7 Å². The van der Waals surface area contributed by atoms with E-state index in [2.05, 4.69) is 24.3 Å². The molecule has 1 aliphatic heterocycles. The zero-order valence-electron chi connectivity index (χ0n) is 16.0. The molecule has 28 heavy (non-hydrogen) atoms. The van der Waals surface area contributed by atoms with E-state index in [0.29, 0.717) is 12.4 Å². The number of hydrogen-bond donors (Lipinski definition) is 1. The molecule has 0 aromatic heterocycles. The van der Waals surface area contributed by atoms with Crippen molar-refractivity contribution >= 4 is 0 Å². The predicted molar refractivity (Wildman–Crippen MR) is 111 cm³/mol. The highest BCUT2D eigenvalue weighted by molar-refractivity contribution is 5.48. The lowest BCUT2D eigenvalue weighted by atomic mass is 10.0. The summed E-state index contributed by atoms with van der Waals surface area (Å²) in [5.74, 6) is 2.17. The van der Waals surface area contributed by atoms with E-state index in [1.807, 2.05) is 48.5 Å². The standard InChI is InChI=1S/C25H26O3/c26-24-17-21-16-23(14-13-19-8-3-1-4-9-19)28-25(21)18-20(24)10-7-15-27-22-11-5-2-6-12-22/h1-6,8-9,11-12,17-18,23,26H,7,10,13-16H2. The van der Waals surface area contributed by atoms with Crippen LogP contribution in [0, 0.1) is 0 Å². The SMILES string of the molecule is Oc1cc2c(cc1CCCOc1ccccc1)OC(CCc1ccccc1)C2. The van der Waals surface area contributed by atoms with Crippen LogP contribution < -0.4 is 9.47 Å². The zero-order valence-corrected chi connectivity index (χ0v) is 16.0. The summed E-state index contributed by atoms with van der Waals surface area (Å²) in [7, 11) is 0. The summed E-state index contributed by atoms with van der Waals surface area (Å²) in [5, 5.41) is 10.4. The van der Waals surface area contributed by atoms with Crippen LogP contribution >= 0.6 is 0 Å². The van der Waals surface area contributed by atoms with Crippen molar-refractivity contribution in [2.75, 3.05) is 6.61 Å². The molecule has 0 radical (unpaired) electrons. The van der Waals surface area contributed by atoms with Gasteiger partial charge in [-0.2, -0.15) is 0 Å². The van der Waals surface area contributed by atoms with E-state index in [-0.39, 0.29) is 6.10 Å². The summed E-state index contributed by atoms with van der Waals surface area (Å²) in [5.41, 5.74) is 3.38. The molecule has 0 saturated heterocycles. The Morgan fingerprint density at radius 3 is 2.46 bits per heavy atom. The highest BCUT2D eigenvalue weighted by Crippen LogP contribution is 2.36. The average Bonchev–Trinajstić information content (AvgIpc) is 3.13. The Labute approximate surface area is 166 Å². The van der Waals surface area contributed by atoms with Crippen LogP contribution in [0.15, 0.2) is 72.8 Å². The fraction of sp³-hybridized carbons (Fsp3) is 0.280. The number of hydrogen-bond acceptors (Lipinski definition) is 3. The molecule has 1 heterocycles. The molecule has 3 aromatic rings. The maximum atomic E-state index is 10.4. The van der Waals surface area contributed by atoms with Gasteiger partial charge in [0.2, 0.25) is 0 Å². The summed E-state index contributed by atoms with van der Waals surface area (Å²) < 4.78 is 11.9. The minimum Gasteiger partial charge on any atom is -0.508 e. The van der Waals surface area contributed by atoms with Gasteiger partial charge >= 0.3 is 0 Å². The second-order valence-corrected chi connectivity index (χ2v) is 7.32. The number of phenolic OH excluding ortho intramolecular Hbond substituents is 1. The van der Waals surface area contributed by atoms with E-state index in [1.54, 1.807) is 0 Å². The van der Waals surface area contributed by atoms with Crippen LogP contribution in [0.2, 0.25) is 0 Å². The van der Waals surface area contributed by atoms with Gasteiger partial charge in [-0.1, -0.05) is 48.5 Å². The summed E-state index contributed by atoms with van der Waals surface area (Å²) in [6.07, 6.45) is 4.66. The van der Waals surface area contributed by atoms with Crippen molar-refractivity contribution in [3.8, 4) is 17.2 Å². The van der Waals surface area contributed by atoms with Gasteiger partial charge in [0.25, 0.3) is 0 Å². The van der Waals surface area contributed by atoms with Crippen LogP contribution in [-0.2, 0) is 19.3 Å². The largest absolute Gasteiger partial charge is 0.508 e. The van der Waals surface area contributed by atoms with E-state index < -0.39 is 0 Å². The monoisotopic (exact) mass is 374 g/mol. The third-order valence-electron chi connectivity index (χ3n) is 5.20. The molecule has 1 N–H and O–H groups in total. The second kappa shape index (κ2) is 8.83. The van der Waals surface area contributed by atoms with E-state index in [1.165, 1.54) is 5.56 Å². The molecule has 0 spiro atoms. The fourth-order valence-electron chi connectivity index (χ4n) is 3.69. The molecule has 3 nitrogen and oxygen atoms in total. The Kier molecular flexibility index (Phi) is 5.81. The minimum absolute atomic E-state index is 0.186. The smallest absolute Gasteiger partial charge is 0.123 e. The Hall–Kier alpha value is -2.94. The van der Waals surface area contributed by atoms with Crippen molar-refractivity contribution in [3.05, 3.63) is 89.5 Å². The third kappa shape index (κ3) is 4.66. The molecule has 0 bridgehead atoms. The van der Waals surface area contributed by atoms with Crippen LogP contribution in [0.25, 0.3) is 0 Å². The van der Waals surface area contributed by atoms with Crippen molar-refractivity contribution in [3.63, 3.8) is 0 Å². The number of aromatic hydroxyl groups is 1. The Bertz CT molecular complexity index is 890. The van der Waals surface area contributed by atoms with Crippen molar-refractivity contribution in [1.29, 1.82) is 0 Å². The second-order valence-electron chi connectivity index (χ2n) is 7.32. The molecule has 4 rings (SSSR count). The normalized spacial score (nSPS) is 15.1. The van der Waals surface area contributed by atoms with Crippen LogP contribution in [0.1, 0.15) is 29.5 Å². The molecule has 3 aromatic carbocycles. The summed E-state index contributed by atoms with van der Waals surface area (Å²) in [4.78, 5) is 0. The van der Waals surface area contributed by atoms with Gasteiger partial charge in [0, 0.05) is 12.0 Å². The van der Waals surface area contributed by atoms with Gasteiger partial charge in [0.1, 0.15) is 23.4 Å². The Morgan fingerprint density at radius 1 is 0.929 bits per heavy atom. The maximum absolute atomic E-state index is 10.4. The quantitative estimate of drug-likeness (QED) is 0.541. The first-order valence-electron chi connectivity index (χ1n) is 10.0. The molecular weight excluding hydrogens is 348 g/mol. The lowest BCUT2D eigenvalue weighted by Crippen LogP contribution is -2.13. The highest BCUT2D eigenvalue weighted by atomic mass is 16.5. The number of fused-ring (bicyclic) bond motifs is 1. The zero-order chi connectivity index (χ0) is 19.2. The number of aryl methyl sites for hydroxylation is 2. The summed E-state index contributed by atoms with van der Waals surface area (Å²) in [6, 6.07) is 24.2. The Balaban J connectivity index is 1.29. The lowest BCUT2D eigenvalue weighted by Gasteiger charge is -2.11. The first kappa shape index (κ1) is 18.4. The van der Waals surface area contributed by atoms with Crippen LogP contribution in [0.3, 0.4) is 0 Å². The Morgan fingerprint density at radius 2 is 1.68 bits per heavy atom. The predicted octanol–water partition coefficient (Wildman–Crippen LogP) is 5.34. The minimum atomic E-state index is 0.186. The van der Waals surface area contributed by atoms with Crippen molar-refractivity contribution < 1.29 is 14.6 Å². The molecule has 1 atom stereocenters. The lowest BCUT2D eigenvalue weighted by molar-refractivity contribution is 0.221. The maximum Gasteiger partial charge on any atom is 0.123 e. The highest BCUT2D eigenvalue weighted by Gasteiger charge is 2.24. The molecule has 0 amide bonds. The van der Waals surface area contributed by atoms with Crippen LogP contribution in [-0.4, -0.2) is 17.8 Å². The van der Waals surface area contributed by atoms with Crippen molar-refractivity contribution in [2.24, 2.45) is 0 Å². The van der Waals surface area contributed by atoms with E-state index in [0.717, 1.165) is 54.7 Å². The number of ether oxygens (including phenoxy) is 2. The van der Waals surface area contributed by atoms with E-state index >= 15 is 0 Å². The van der Waals surface area contributed by atoms with Gasteiger partial charge in [0.05, 0.1) is 6.61 Å². The summed E-state index contributed by atoms with van der Waals surface area (Å²) >= 11 is 0. The van der Waals surface area contributed by atoms with E-state index in [4.69, 9.17) is 9.47 Å². The van der Waals surface area contributed by atoms with Gasteiger partial charge < -0.3 is 14.6 Å². The third-order valence-corrected chi connectivity index (χ3v) is 5.20. The van der Waals surface area contributed by atoms with E-state index in [9.17, 15) is 5.11 Å². The van der Waals surface area contributed by atoms with Crippen LogP contribution in [0.4, 0.5) is 0 Å². The molecule has 1 aliphatic rings. The van der Waals surface area contributed by atoms with Gasteiger partial charge in [-0.25, -0.2) is 0 Å². The molecular formula is C25H26O3. The number of benzene rings is 3. The average molecular weight is 374 g/mol. The molecule has 1 unspecified atom stereocenters. The van der Waals surface area contributed by atoms with Crippen molar-refractivity contribution in [1.82, 2.24) is 0 Å².